The molecule has 3 nitrogen and oxygen atoms in total. The maximum Gasteiger partial charge on any atom is 0.0685 e. The number of aliphatic hydroxyl groups excluding tert-OH is 1. The van der Waals surface area contributed by atoms with E-state index in [0.717, 1.165) is 26.1 Å². The van der Waals surface area contributed by atoms with Crippen LogP contribution in [0, 0.1) is 0 Å². The summed E-state index contributed by atoms with van der Waals surface area (Å²) in [6.07, 6.45) is 3.51. The maximum absolute atomic E-state index is 9.67. The van der Waals surface area contributed by atoms with Gasteiger partial charge in [-0.3, -0.25) is 4.90 Å². The highest BCUT2D eigenvalue weighted by Crippen LogP contribution is 2.39. The van der Waals surface area contributed by atoms with E-state index in [1.165, 1.54) is 12.8 Å². The zero-order valence-corrected chi connectivity index (χ0v) is 9.20. The summed E-state index contributed by atoms with van der Waals surface area (Å²) in [5.41, 5.74) is 0.170. The van der Waals surface area contributed by atoms with Crippen LogP contribution in [-0.4, -0.2) is 47.4 Å². The Morgan fingerprint density at radius 1 is 1.57 bits per heavy atom. The Labute approximate surface area is 86.0 Å². The molecule has 2 fully saturated rings. The van der Waals surface area contributed by atoms with Crippen molar-refractivity contribution in [1.29, 1.82) is 0 Å². The largest absolute Gasteiger partial charge is 0.392 e. The monoisotopic (exact) mass is 199 g/mol. The van der Waals surface area contributed by atoms with E-state index >= 15 is 0 Å². The van der Waals surface area contributed by atoms with Gasteiger partial charge in [-0.05, 0) is 39.7 Å². The molecule has 3 heteroatoms. The van der Waals surface area contributed by atoms with E-state index in [4.69, 9.17) is 4.74 Å². The van der Waals surface area contributed by atoms with Crippen molar-refractivity contribution in [1.82, 2.24) is 4.90 Å². The van der Waals surface area contributed by atoms with E-state index in [2.05, 4.69) is 18.7 Å². The van der Waals surface area contributed by atoms with Gasteiger partial charge in [0.2, 0.25) is 0 Å². The van der Waals surface area contributed by atoms with Crippen LogP contribution in [0.1, 0.15) is 33.1 Å². The molecule has 2 aliphatic heterocycles. The molecule has 0 saturated carbocycles. The molecule has 2 aliphatic rings. The molecule has 0 aliphatic carbocycles. The summed E-state index contributed by atoms with van der Waals surface area (Å²) >= 11 is 0. The summed E-state index contributed by atoms with van der Waals surface area (Å²) in [6, 6.07) is 0. The summed E-state index contributed by atoms with van der Waals surface area (Å²) in [4.78, 5) is 2.42. The summed E-state index contributed by atoms with van der Waals surface area (Å²) in [7, 11) is 0. The van der Waals surface area contributed by atoms with Crippen molar-refractivity contribution in [3.63, 3.8) is 0 Å². The van der Waals surface area contributed by atoms with Gasteiger partial charge in [0.15, 0.2) is 0 Å². The second kappa shape index (κ2) is 3.80. The normalized spacial score (nSPS) is 38.1. The summed E-state index contributed by atoms with van der Waals surface area (Å²) < 4.78 is 5.73. The average molecular weight is 199 g/mol. The highest BCUT2D eigenvalue weighted by atomic mass is 16.5. The number of fused-ring (bicyclic) bond motifs is 1. The van der Waals surface area contributed by atoms with Crippen molar-refractivity contribution in [3.05, 3.63) is 0 Å². The zero-order valence-electron chi connectivity index (χ0n) is 9.20. The molecule has 0 amide bonds. The first-order chi connectivity index (χ1) is 6.62. The Morgan fingerprint density at radius 2 is 2.36 bits per heavy atom. The molecule has 2 atom stereocenters. The zero-order chi connectivity index (χ0) is 10.2. The third-order valence-electron chi connectivity index (χ3n) is 3.47. The van der Waals surface area contributed by atoms with Gasteiger partial charge in [0.05, 0.1) is 18.8 Å². The summed E-state index contributed by atoms with van der Waals surface area (Å²) in [5.74, 6) is 0. The molecule has 0 aromatic rings. The molecule has 0 aromatic carbocycles. The van der Waals surface area contributed by atoms with Crippen molar-refractivity contribution in [2.45, 2.75) is 50.9 Å². The Balaban J connectivity index is 1.98. The predicted molar refractivity (Wildman–Crippen MR) is 55.2 cm³/mol. The minimum absolute atomic E-state index is 0.133. The van der Waals surface area contributed by atoms with Crippen LogP contribution in [0.5, 0.6) is 0 Å². The molecule has 2 rings (SSSR count). The lowest BCUT2D eigenvalue weighted by Crippen LogP contribution is -2.43. The van der Waals surface area contributed by atoms with E-state index in [0.29, 0.717) is 6.10 Å². The summed E-state index contributed by atoms with van der Waals surface area (Å²) in [5, 5.41) is 9.67. The highest BCUT2D eigenvalue weighted by Gasteiger charge is 2.48. The molecule has 14 heavy (non-hydrogen) atoms. The van der Waals surface area contributed by atoms with E-state index in [1.807, 2.05) is 0 Å². The Bertz CT molecular complexity index is 207. The molecule has 2 saturated heterocycles. The first-order valence-electron chi connectivity index (χ1n) is 5.67. The lowest BCUT2D eigenvalue weighted by molar-refractivity contribution is 0.00233. The maximum atomic E-state index is 9.67. The third-order valence-corrected chi connectivity index (χ3v) is 3.47. The van der Waals surface area contributed by atoms with Gasteiger partial charge in [0.25, 0.3) is 0 Å². The van der Waals surface area contributed by atoms with Crippen LogP contribution in [0.4, 0.5) is 0 Å². The van der Waals surface area contributed by atoms with Crippen LogP contribution in [-0.2, 0) is 4.74 Å². The van der Waals surface area contributed by atoms with Crippen LogP contribution in [0.25, 0.3) is 0 Å². The molecule has 0 spiro atoms. The second-order valence-electron chi connectivity index (χ2n) is 4.99. The van der Waals surface area contributed by atoms with Crippen LogP contribution < -0.4 is 0 Å². The predicted octanol–water partition coefficient (Wildman–Crippen LogP) is 1.01. The van der Waals surface area contributed by atoms with Crippen LogP contribution in [0.2, 0.25) is 0 Å². The van der Waals surface area contributed by atoms with Gasteiger partial charge in [0, 0.05) is 12.1 Å². The molecule has 2 heterocycles. The Morgan fingerprint density at radius 3 is 3.07 bits per heavy atom. The van der Waals surface area contributed by atoms with Gasteiger partial charge in [-0.25, -0.2) is 0 Å². The lowest BCUT2D eigenvalue weighted by atomic mass is 9.94. The number of rotatable bonds is 3. The Hall–Kier alpha value is -0.120. The van der Waals surface area contributed by atoms with Crippen molar-refractivity contribution < 1.29 is 9.84 Å². The molecule has 2 unspecified atom stereocenters. The van der Waals surface area contributed by atoms with Gasteiger partial charge in [-0.15, -0.1) is 0 Å². The van der Waals surface area contributed by atoms with Crippen LogP contribution >= 0.6 is 0 Å². The quantitative estimate of drug-likeness (QED) is 0.736. The third kappa shape index (κ3) is 1.81. The fourth-order valence-electron chi connectivity index (χ4n) is 2.81. The number of β-amino-alcohol motifs (C(OH)–C–C–N with tert-alkyl or cyclic N) is 1. The second-order valence-corrected chi connectivity index (χ2v) is 4.99. The fraction of sp³-hybridized carbons (Fsp3) is 1.00. The first-order valence-corrected chi connectivity index (χ1v) is 5.67. The van der Waals surface area contributed by atoms with Crippen LogP contribution in [0.15, 0.2) is 0 Å². The summed E-state index contributed by atoms with van der Waals surface area (Å²) in [6.45, 7) is 6.92. The first kappa shape index (κ1) is 10.4. The van der Waals surface area contributed by atoms with Gasteiger partial charge in [-0.2, -0.15) is 0 Å². The van der Waals surface area contributed by atoms with E-state index in [-0.39, 0.29) is 11.6 Å². The molecular weight excluding hydrogens is 178 g/mol. The molecule has 82 valence electrons. The molecule has 0 radical (unpaired) electrons. The van der Waals surface area contributed by atoms with E-state index in [9.17, 15) is 5.11 Å². The molecule has 0 aromatic heterocycles. The van der Waals surface area contributed by atoms with E-state index < -0.39 is 0 Å². The highest BCUT2D eigenvalue weighted by molar-refractivity contribution is 5.03. The van der Waals surface area contributed by atoms with Gasteiger partial charge < -0.3 is 9.84 Å². The SMILES string of the molecule is CC(C)OCC12CCCN1CC(O)C2. The molecule has 1 N–H and O–H groups in total. The minimum atomic E-state index is -0.133. The minimum Gasteiger partial charge on any atom is -0.392 e. The Kier molecular flexibility index (Phi) is 2.82. The van der Waals surface area contributed by atoms with Gasteiger partial charge in [0.1, 0.15) is 0 Å². The van der Waals surface area contributed by atoms with Crippen molar-refractivity contribution >= 4 is 0 Å². The number of hydrogen-bond acceptors (Lipinski definition) is 3. The lowest BCUT2D eigenvalue weighted by Gasteiger charge is -2.32. The number of ether oxygens (including phenoxy) is 1. The van der Waals surface area contributed by atoms with Crippen molar-refractivity contribution in [2.75, 3.05) is 19.7 Å². The van der Waals surface area contributed by atoms with Crippen LogP contribution in [0.3, 0.4) is 0 Å². The number of nitrogens with zero attached hydrogens (tertiary/aromatic N) is 1. The van der Waals surface area contributed by atoms with Crippen molar-refractivity contribution in [2.24, 2.45) is 0 Å². The standard InChI is InChI=1S/C11H21NO2/c1-9(2)14-8-11-4-3-5-12(11)7-10(13)6-11/h9-10,13H,3-8H2,1-2H3. The fourth-order valence-corrected chi connectivity index (χ4v) is 2.81. The average Bonchev–Trinajstić information content (AvgIpc) is 2.56. The smallest absolute Gasteiger partial charge is 0.0685 e. The molecule has 0 bridgehead atoms. The molecular formula is C11H21NO2. The van der Waals surface area contributed by atoms with Gasteiger partial charge >= 0.3 is 0 Å². The van der Waals surface area contributed by atoms with Crippen molar-refractivity contribution in [3.8, 4) is 0 Å². The number of aliphatic hydroxyl groups is 1. The topological polar surface area (TPSA) is 32.7 Å². The van der Waals surface area contributed by atoms with E-state index in [1.54, 1.807) is 0 Å². The number of hydrogen-bond donors (Lipinski definition) is 1. The van der Waals surface area contributed by atoms with Gasteiger partial charge in [-0.1, -0.05) is 0 Å².